The number of carbonyl (C=O) groups excluding carboxylic acids is 1. The SMILES string of the molecule is CC(C)(C)OC(=O)NCCNCc1ccc(C(F)F)cc1. The maximum Gasteiger partial charge on any atom is 0.407 e. The van der Waals surface area contributed by atoms with E-state index >= 15 is 0 Å². The molecular weight excluding hydrogens is 278 g/mol. The second-order valence-corrected chi connectivity index (χ2v) is 5.65. The highest BCUT2D eigenvalue weighted by atomic mass is 19.3. The van der Waals surface area contributed by atoms with Gasteiger partial charge >= 0.3 is 6.09 Å². The topological polar surface area (TPSA) is 50.4 Å². The van der Waals surface area contributed by atoms with Gasteiger partial charge in [-0.15, -0.1) is 0 Å². The Morgan fingerprint density at radius 3 is 2.33 bits per heavy atom. The number of ether oxygens (including phenoxy) is 1. The Hall–Kier alpha value is -1.69. The van der Waals surface area contributed by atoms with Crippen LogP contribution >= 0.6 is 0 Å². The number of hydrogen-bond acceptors (Lipinski definition) is 3. The Kier molecular flexibility index (Phi) is 6.55. The molecule has 4 nitrogen and oxygen atoms in total. The highest BCUT2D eigenvalue weighted by molar-refractivity contribution is 5.67. The predicted molar refractivity (Wildman–Crippen MR) is 77.3 cm³/mol. The molecule has 0 aliphatic rings. The Balaban J connectivity index is 2.18. The van der Waals surface area contributed by atoms with Crippen LogP contribution in [0, 0.1) is 0 Å². The van der Waals surface area contributed by atoms with Gasteiger partial charge in [-0.3, -0.25) is 0 Å². The fraction of sp³-hybridized carbons (Fsp3) is 0.533. The molecule has 21 heavy (non-hydrogen) atoms. The summed E-state index contributed by atoms with van der Waals surface area (Å²) in [6, 6.07) is 6.16. The summed E-state index contributed by atoms with van der Waals surface area (Å²) in [6.07, 6.45) is -2.89. The summed E-state index contributed by atoms with van der Waals surface area (Å²) in [5, 5.41) is 5.74. The molecule has 0 heterocycles. The zero-order valence-corrected chi connectivity index (χ0v) is 12.6. The molecule has 0 unspecified atom stereocenters. The number of alkyl carbamates (subject to hydrolysis) is 1. The predicted octanol–water partition coefficient (Wildman–Crippen LogP) is 3.24. The van der Waals surface area contributed by atoms with E-state index in [0.717, 1.165) is 5.56 Å². The van der Waals surface area contributed by atoms with E-state index in [1.54, 1.807) is 32.9 Å². The summed E-state index contributed by atoms with van der Waals surface area (Å²) in [5.74, 6) is 0. The molecule has 0 aromatic heterocycles. The molecule has 1 aromatic carbocycles. The summed E-state index contributed by atoms with van der Waals surface area (Å²) in [4.78, 5) is 11.4. The van der Waals surface area contributed by atoms with Crippen LogP contribution in [-0.2, 0) is 11.3 Å². The van der Waals surface area contributed by atoms with Crippen molar-refractivity contribution < 1.29 is 18.3 Å². The van der Waals surface area contributed by atoms with Gasteiger partial charge in [0, 0.05) is 25.2 Å². The van der Waals surface area contributed by atoms with Gasteiger partial charge in [-0.1, -0.05) is 24.3 Å². The van der Waals surface area contributed by atoms with Crippen molar-refractivity contribution in [1.29, 1.82) is 0 Å². The van der Waals surface area contributed by atoms with Crippen molar-refractivity contribution >= 4 is 6.09 Å². The van der Waals surface area contributed by atoms with Gasteiger partial charge in [0.15, 0.2) is 0 Å². The Morgan fingerprint density at radius 2 is 1.81 bits per heavy atom. The number of nitrogens with one attached hydrogen (secondary N) is 2. The van der Waals surface area contributed by atoms with Gasteiger partial charge in [-0.05, 0) is 26.3 Å². The lowest BCUT2D eigenvalue weighted by Crippen LogP contribution is -2.36. The fourth-order valence-corrected chi connectivity index (χ4v) is 1.58. The van der Waals surface area contributed by atoms with Gasteiger partial charge in [0.05, 0.1) is 0 Å². The van der Waals surface area contributed by atoms with E-state index in [9.17, 15) is 13.6 Å². The summed E-state index contributed by atoms with van der Waals surface area (Å²) in [6.45, 7) is 6.95. The Bertz CT molecular complexity index is 442. The highest BCUT2D eigenvalue weighted by Gasteiger charge is 2.15. The Labute approximate surface area is 123 Å². The van der Waals surface area contributed by atoms with Gasteiger partial charge in [0.2, 0.25) is 0 Å². The van der Waals surface area contributed by atoms with Crippen LogP contribution in [0.25, 0.3) is 0 Å². The van der Waals surface area contributed by atoms with Crippen molar-refractivity contribution in [2.45, 2.75) is 39.3 Å². The number of carbonyl (C=O) groups is 1. The molecule has 0 atom stereocenters. The molecule has 6 heteroatoms. The molecule has 0 spiro atoms. The molecule has 1 amide bonds. The van der Waals surface area contributed by atoms with E-state index in [2.05, 4.69) is 10.6 Å². The van der Waals surface area contributed by atoms with Crippen molar-refractivity contribution in [3.05, 3.63) is 35.4 Å². The summed E-state index contributed by atoms with van der Waals surface area (Å²) < 4.78 is 29.8. The second kappa shape index (κ2) is 7.93. The molecule has 1 rings (SSSR count). The van der Waals surface area contributed by atoms with Gasteiger partial charge in [0.1, 0.15) is 5.60 Å². The van der Waals surface area contributed by atoms with Gasteiger partial charge in [0.25, 0.3) is 6.43 Å². The maximum absolute atomic E-state index is 12.4. The van der Waals surface area contributed by atoms with Crippen LogP contribution < -0.4 is 10.6 Å². The smallest absolute Gasteiger partial charge is 0.407 e. The molecule has 0 aliphatic heterocycles. The second-order valence-electron chi connectivity index (χ2n) is 5.65. The third-order valence-corrected chi connectivity index (χ3v) is 2.53. The molecule has 0 fully saturated rings. The van der Waals surface area contributed by atoms with Crippen LogP contribution in [0.1, 0.15) is 38.3 Å². The number of amides is 1. The van der Waals surface area contributed by atoms with Crippen LogP contribution in [0.3, 0.4) is 0 Å². The average molecular weight is 300 g/mol. The van der Waals surface area contributed by atoms with Crippen molar-refractivity contribution in [3.8, 4) is 0 Å². The van der Waals surface area contributed by atoms with E-state index in [-0.39, 0.29) is 5.56 Å². The summed E-state index contributed by atoms with van der Waals surface area (Å²) in [5.41, 5.74) is 0.422. The van der Waals surface area contributed by atoms with Crippen molar-refractivity contribution in [2.24, 2.45) is 0 Å². The lowest BCUT2D eigenvalue weighted by molar-refractivity contribution is 0.0528. The number of halogens is 2. The van der Waals surface area contributed by atoms with E-state index in [0.29, 0.717) is 19.6 Å². The molecular formula is C15H22F2N2O2. The molecule has 0 bridgehead atoms. The third kappa shape index (κ3) is 7.60. The standard InChI is InChI=1S/C15H22F2N2O2/c1-15(2,3)21-14(20)19-9-8-18-10-11-4-6-12(7-5-11)13(16)17/h4-7,13,18H,8-10H2,1-3H3,(H,19,20). The first-order valence-corrected chi connectivity index (χ1v) is 6.82. The van der Waals surface area contributed by atoms with E-state index in [4.69, 9.17) is 4.74 Å². The molecule has 0 aliphatic carbocycles. The number of benzene rings is 1. The van der Waals surface area contributed by atoms with Crippen LogP contribution in [0.4, 0.5) is 13.6 Å². The maximum atomic E-state index is 12.4. The zero-order chi connectivity index (χ0) is 15.9. The molecule has 0 saturated carbocycles. The quantitative estimate of drug-likeness (QED) is 0.793. The van der Waals surface area contributed by atoms with Crippen molar-refractivity contribution in [2.75, 3.05) is 13.1 Å². The zero-order valence-electron chi connectivity index (χ0n) is 12.6. The monoisotopic (exact) mass is 300 g/mol. The molecule has 0 saturated heterocycles. The van der Waals surface area contributed by atoms with Crippen LogP contribution in [-0.4, -0.2) is 24.8 Å². The first-order valence-electron chi connectivity index (χ1n) is 6.82. The fourth-order valence-electron chi connectivity index (χ4n) is 1.58. The first-order chi connectivity index (χ1) is 9.78. The average Bonchev–Trinajstić information content (AvgIpc) is 2.36. The lowest BCUT2D eigenvalue weighted by Gasteiger charge is -2.19. The number of hydrogen-bond donors (Lipinski definition) is 2. The molecule has 0 radical (unpaired) electrons. The van der Waals surface area contributed by atoms with E-state index < -0.39 is 18.1 Å². The number of rotatable bonds is 6. The largest absolute Gasteiger partial charge is 0.444 e. The molecule has 2 N–H and O–H groups in total. The van der Waals surface area contributed by atoms with Crippen LogP contribution in [0.5, 0.6) is 0 Å². The van der Waals surface area contributed by atoms with Crippen LogP contribution in [0.15, 0.2) is 24.3 Å². The summed E-state index contributed by atoms with van der Waals surface area (Å²) >= 11 is 0. The third-order valence-electron chi connectivity index (χ3n) is 2.53. The van der Waals surface area contributed by atoms with Gasteiger partial charge < -0.3 is 15.4 Å². The van der Waals surface area contributed by atoms with Gasteiger partial charge in [-0.2, -0.15) is 0 Å². The molecule has 1 aromatic rings. The minimum atomic E-state index is -2.44. The molecule has 118 valence electrons. The normalized spacial score (nSPS) is 11.5. The minimum absolute atomic E-state index is 0.0188. The van der Waals surface area contributed by atoms with E-state index in [1.165, 1.54) is 12.1 Å². The number of alkyl halides is 2. The highest BCUT2D eigenvalue weighted by Crippen LogP contribution is 2.18. The van der Waals surface area contributed by atoms with Crippen LogP contribution in [0.2, 0.25) is 0 Å². The summed E-state index contributed by atoms with van der Waals surface area (Å²) in [7, 11) is 0. The Morgan fingerprint density at radius 1 is 1.19 bits per heavy atom. The van der Waals surface area contributed by atoms with Crippen molar-refractivity contribution in [3.63, 3.8) is 0 Å². The minimum Gasteiger partial charge on any atom is -0.444 e. The van der Waals surface area contributed by atoms with Crippen molar-refractivity contribution in [1.82, 2.24) is 10.6 Å². The first kappa shape index (κ1) is 17.4. The lowest BCUT2D eigenvalue weighted by atomic mass is 10.1. The van der Waals surface area contributed by atoms with E-state index in [1.807, 2.05) is 0 Å². The van der Waals surface area contributed by atoms with Gasteiger partial charge in [-0.25, -0.2) is 13.6 Å².